The van der Waals surface area contributed by atoms with E-state index in [0.717, 1.165) is 11.1 Å². The first kappa shape index (κ1) is 22.4. The van der Waals surface area contributed by atoms with E-state index >= 15 is 0 Å². The highest BCUT2D eigenvalue weighted by molar-refractivity contribution is 5.85. The third-order valence-corrected chi connectivity index (χ3v) is 6.03. The van der Waals surface area contributed by atoms with E-state index in [2.05, 4.69) is 30.9 Å². The van der Waals surface area contributed by atoms with Gasteiger partial charge in [0.25, 0.3) is 0 Å². The van der Waals surface area contributed by atoms with Crippen LogP contribution in [-0.2, 0) is 0 Å². The molecule has 0 fully saturated rings. The Morgan fingerprint density at radius 3 is 2.69 bits per heavy atom. The summed E-state index contributed by atoms with van der Waals surface area (Å²) in [5.74, 6) is 0.363. The van der Waals surface area contributed by atoms with Gasteiger partial charge in [-0.2, -0.15) is 5.21 Å². The van der Waals surface area contributed by atoms with E-state index < -0.39 is 0 Å². The van der Waals surface area contributed by atoms with Crippen molar-refractivity contribution in [3.8, 4) is 22.8 Å². The lowest BCUT2D eigenvalue weighted by molar-refractivity contribution is 0.599. The number of aromatic amines is 1. The minimum absolute atomic E-state index is 0.145. The Bertz CT molecular complexity index is 1610. The normalized spacial score (nSPS) is 12.1. The lowest BCUT2D eigenvalue weighted by atomic mass is 9.98. The molecule has 0 bridgehead atoms. The fourth-order valence-corrected chi connectivity index (χ4v) is 4.17. The first-order chi connectivity index (χ1) is 16.8. The Hall–Kier alpha value is -4.40. The standard InChI is InChI=1S/C26H23FN6O2/c1-13-10-18(16(4)29-21-6-5-9-28-22(21)26-30-32-33-31-26)25-19(11-13)23(34)15(3)24(35-25)17-8-7-14(2)20(27)12-17/h5-12,16,29H,1-4H3,(H,30,31,32,33)/t16-/m1/s1. The van der Waals surface area contributed by atoms with Crippen molar-refractivity contribution in [2.45, 2.75) is 33.7 Å². The number of aryl methyl sites for hydroxylation is 2. The van der Waals surface area contributed by atoms with Gasteiger partial charge in [-0.3, -0.25) is 9.78 Å². The Morgan fingerprint density at radius 1 is 1.11 bits per heavy atom. The van der Waals surface area contributed by atoms with Crippen LogP contribution in [0.3, 0.4) is 0 Å². The second-order valence-corrected chi connectivity index (χ2v) is 8.58. The summed E-state index contributed by atoms with van der Waals surface area (Å²) in [7, 11) is 0. The molecule has 0 saturated carbocycles. The van der Waals surface area contributed by atoms with E-state index in [-0.39, 0.29) is 17.3 Å². The lowest BCUT2D eigenvalue weighted by Crippen LogP contribution is -2.13. The van der Waals surface area contributed by atoms with Gasteiger partial charge in [-0.1, -0.05) is 18.2 Å². The molecule has 176 valence electrons. The molecule has 0 unspecified atom stereocenters. The predicted octanol–water partition coefficient (Wildman–Crippen LogP) is 5.27. The third kappa shape index (κ3) is 4.05. The van der Waals surface area contributed by atoms with Crippen LogP contribution < -0.4 is 10.7 Å². The molecule has 8 nitrogen and oxygen atoms in total. The largest absolute Gasteiger partial charge is 0.455 e. The number of halogens is 1. The van der Waals surface area contributed by atoms with E-state index in [1.165, 1.54) is 6.07 Å². The van der Waals surface area contributed by atoms with Crippen LogP contribution in [0.15, 0.2) is 57.9 Å². The van der Waals surface area contributed by atoms with Gasteiger partial charge in [-0.25, -0.2) is 4.39 Å². The molecular formula is C26H23FN6O2. The van der Waals surface area contributed by atoms with Crippen molar-refractivity contribution in [1.82, 2.24) is 25.6 Å². The van der Waals surface area contributed by atoms with Gasteiger partial charge in [0.15, 0.2) is 5.43 Å². The summed E-state index contributed by atoms with van der Waals surface area (Å²) in [6, 6.07) is 12.0. The number of benzene rings is 2. The maximum atomic E-state index is 14.3. The van der Waals surface area contributed by atoms with Crippen LogP contribution in [0.2, 0.25) is 0 Å². The number of hydrogen-bond donors (Lipinski definition) is 2. The third-order valence-electron chi connectivity index (χ3n) is 6.03. The molecule has 0 spiro atoms. The van der Waals surface area contributed by atoms with Crippen LogP contribution in [0.4, 0.5) is 10.1 Å². The number of nitrogens with one attached hydrogen (secondary N) is 2. The fraction of sp³-hybridized carbons (Fsp3) is 0.192. The van der Waals surface area contributed by atoms with Crippen LogP contribution in [0.25, 0.3) is 33.8 Å². The minimum atomic E-state index is -0.352. The van der Waals surface area contributed by atoms with Gasteiger partial charge >= 0.3 is 0 Å². The number of pyridine rings is 1. The van der Waals surface area contributed by atoms with Crippen LogP contribution in [0.1, 0.15) is 35.2 Å². The van der Waals surface area contributed by atoms with E-state index in [0.29, 0.717) is 50.6 Å². The zero-order valence-corrected chi connectivity index (χ0v) is 19.7. The Kier molecular flexibility index (Phi) is 5.60. The van der Waals surface area contributed by atoms with Crippen LogP contribution in [-0.4, -0.2) is 25.6 Å². The highest BCUT2D eigenvalue weighted by atomic mass is 19.1. The summed E-state index contributed by atoms with van der Waals surface area (Å²) >= 11 is 0. The molecule has 2 N–H and O–H groups in total. The molecule has 0 aliphatic heterocycles. The van der Waals surface area contributed by atoms with Crippen molar-refractivity contribution in [3.05, 3.63) is 87.0 Å². The Labute approximate surface area is 200 Å². The van der Waals surface area contributed by atoms with Crippen molar-refractivity contribution >= 4 is 16.7 Å². The minimum Gasteiger partial charge on any atom is -0.455 e. The van der Waals surface area contributed by atoms with E-state index in [4.69, 9.17) is 4.42 Å². The van der Waals surface area contributed by atoms with Gasteiger partial charge in [-0.15, -0.1) is 10.2 Å². The van der Waals surface area contributed by atoms with Gasteiger partial charge in [-0.05, 0) is 68.3 Å². The molecule has 2 aromatic carbocycles. The van der Waals surface area contributed by atoms with Crippen LogP contribution in [0.5, 0.6) is 0 Å². The Morgan fingerprint density at radius 2 is 1.94 bits per heavy atom. The molecule has 0 saturated heterocycles. The van der Waals surface area contributed by atoms with Gasteiger partial charge in [0, 0.05) is 22.9 Å². The molecule has 3 aromatic heterocycles. The van der Waals surface area contributed by atoms with Gasteiger partial charge < -0.3 is 9.73 Å². The van der Waals surface area contributed by atoms with Crippen molar-refractivity contribution in [3.63, 3.8) is 0 Å². The molecule has 3 heterocycles. The van der Waals surface area contributed by atoms with Crippen molar-refractivity contribution in [1.29, 1.82) is 0 Å². The molecule has 5 rings (SSSR count). The number of hydrogen-bond acceptors (Lipinski definition) is 7. The SMILES string of the molecule is Cc1cc([C@@H](C)Nc2cccnc2-c2nn[nH]n2)c2oc(-c3ccc(C)c(F)c3)c(C)c(=O)c2c1. The second-order valence-electron chi connectivity index (χ2n) is 8.58. The topological polar surface area (TPSA) is 110 Å². The first-order valence-electron chi connectivity index (χ1n) is 11.1. The molecule has 5 aromatic rings. The summed E-state index contributed by atoms with van der Waals surface area (Å²) in [6.45, 7) is 7.29. The highest BCUT2D eigenvalue weighted by Gasteiger charge is 2.21. The summed E-state index contributed by atoms with van der Waals surface area (Å²) in [4.78, 5) is 17.7. The molecule has 9 heteroatoms. The predicted molar refractivity (Wildman–Crippen MR) is 132 cm³/mol. The quantitative estimate of drug-likeness (QED) is 0.360. The number of nitrogens with zero attached hydrogens (tertiary/aromatic N) is 4. The summed E-state index contributed by atoms with van der Waals surface area (Å²) in [6.07, 6.45) is 1.65. The molecule has 0 amide bonds. The van der Waals surface area contributed by atoms with Crippen LogP contribution >= 0.6 is 0 Å². The zero-order valence-electron chi connectivity index (χ0n) is 19.7. The van der Waals surface area contributed by atoms with Crippen LogP contribution in [0, 0.1) is 26.6 Å². The lowest BCUT2D eigenvalue weighted by Gasteiger charge is -2.19. The number of tetrazole rings is 1. The highest BCUT2D eigenvalue weighted by Crippen LogP contribution is 2.33. The molecule has 0 aliphatic rings. The van der Waals surface area contributed by atoms with Crippen molar-refractivity contribution in [2.75, 3.05) is 5.32 Å². The summed E-state index contributed by atoms with van der Waals surface area (Å²) in [5.41, 5.74) is 4.73. The molecule has 0 radical (unpaired) electrons. The number of anilines is 1. The van der Waals surface area contributed by atoms with E-state index in [9.17, 15) is 9.18 Å². The number of H-pyrrole nitrogens is 1. The fourth-order valence-electron chi connectivity index (χ4n) is 4.17. The Balaban J connectivity index is 1.65. The van der Waals surface area contributed by atoms with Gasteiger partial charge in [0.05, 0.1) is 17.1 Å². The second kappa shape index (κ2) is 8.75. The van der Waals surface area contributed by atoms with Gasteiger partial charge in [0.1, 0.15) is 22.9 Å². The van der Waals surface area contributed by atoms with E-state index in [1.54, 1.807) is 38.2 Å². The average molecular weight is 471 g/mol. The molecule has 0 aliphatic carbocycles. The van der Waals surface area contributed by atoms with Crippen molar-refractivity contribution in [2.24, 2.45) is 0 Å². The zero-order chi connectivity index (χ0) is 24.7. The van der Waals surface area contributed by atoms with Gasteiger partial charge in [0.2, 0.25) is 5.82 Å². The van der Waals surface area contributed by atoms with E-state index in [1.807, 2.05) is 32.0 Å². The summed E-state index contributed by atoms with van der Waals surface area (Å²) in [5, 5.41) is 18.0. The summed E-state index contributed by atoms with van der Waals surface area (Å²) < 4.78 is 20.7. The van der Waals surface area contributed by atoms with Crippen molar-refractivity contribution < 1.29 is 8.81 Å². The number of fused-ring (bicyclic) bond motifs is 1. The molecule has 1 atom stereocenters. The smallest absolute Gasteiger partial charge is 0.225 e. The molecule has 35 heavy (non-hydrogen) atoms. The molecular weight excluding hydrogens is 447 g/mol. The number of aromatic nitrogens is 5. The first-order valence-corrected chi connectivity index (χ1v) is 11.1. The number of rotatable bonds is 5. The maximum Gasteiger partial charge on any atom is 0.225 e. The maximum absolute atomic E-state index is 14.3. The average Bonchev–Trinajstić information content (AvgIpc) is 3.38. The monoisotopic (exact) mass is 470 g/mol.